The molecule has 0 spiro atoms. The Bertz CT molecular complexity index is 1690. The molecule has 3 aromatic carbocycles. The monoisotopic (exact) mass is 553 g/mol. The normalized spacial score (nSPS) is 15.2. The van der Waals surface area contributed by atoms with Crippen molar-refractivity contribution in [2.75, 3.05) is 0 Å². The van der Waals surface area contributed by atoms with Gasteiger partial charge < -0.3 is 9.88 Å². The highest BCUT2D eigenvalue weighted by molar-refractivity contribution is 6.04. The van der Waals surface area contributed by atoms with Crippen LogP contribution in [-0.4, -0.2) is 38.6 Å². The molecule has 10 heteroatoms. The molecule has 2 unspecified atom stereocenters. The molecule has 3 N–H and O–H groups in total. The van der Waals surface area contributed by atoms with Gasteiger partial charge in [-0.25, -0.2) is 0 Å². The molecule has 3 amide bonds. The minimum atomic E-state index is -0.896. The van der Waals surface area contributed by atoms with E-state index >= 15 is 0 Å². The Morgan fingerprint density at radius 1 is 1.02 bits per heavy atom. The molecule has 0 fully saturated rings. The SMILES string of the molecule is Cc1cc(C(=O)NNC(=O)C(CC(C)C)N2C(=O)c3ccccc3C2c2c(C)[nH]c3ccccc23)ccc1[N+](=O)[O-]. The minimum absolute atomic E-state index is 0.0556. The third-order valence-corrected chi connectivity index (χ3v) is 7.50. The van der Waals surface area contributed by atoms with Crippen LogP contribution < -0.4 is 10.9 Å². The van der Waals surface area contributed by atoms with E-state index in [2.05, 4.69) is 15.8 Å². The van der Waals surface area contributed by atoms with Crippen molar-refractivity contribution < 1.29 is 19.3 Å². The average Bonchev–Trinajstić information content (AvgIpc) is 3.42. The van der Waals surface area contributed by atoms with Gasteiger partial charge in [-0.3, -0.25) is 35.3 Å². The molecule has 0 radical (unpaired) electrons. The maximum absolute atomic E-state index is 14.0. The van der Waals surface area contributed by atoms with Crippen LogP contribution in [0.3, 0.4) is 0 Å². The largest absolute Gasteiger partial charge is 0.358 e. The van der Waals surface area contributed by atoms with Gasteiger partial charge in [-0.2, -0.15) is 0 Å². The molecule has 1 aliphatic rings. The Hall–Kier alpha value is -4.99. The number of fused-ring (bicyclic) bond motifs is 2. The maximum atomic E-state index is 14.0. The lowest BCUT2D eigenvalue weighted by Gasteiger charge is -2.34. The van der Waals surface area contributed by atoms with E-state index in [1.807, 2.05) is 63.2 Å². The first-order valence-corrected chi connectivity index (χ1v) is 13.4. The van der Waals surface area contributed by atoms with Gasteiger partial charge in [0.15, 0.2) is 0 Å². The second-order valence-electron chi connectivity index (χ2n) is 10.8. The Labute approximate surface area is 236 Å². The van der Waals surface area contributed by atoms with Crippen LogP contribution in [0.5, 0.6) is 0 Å². The van der Waals surface area contributed by atoms with Gasteiger partial charge >= 0.3 is 0 Å². The molecule has 2 heterocycles. The van der Waals surface area contributed by atoms with Gasteiger partial charge in [0.2, 0.25) is 0 Å². The van der Waals surface area contributed by atoms with E-state index in [-0.39, 0.29) is 23.1 Å². The van der Waals surface area contributed by atoms with E-state index < -0.39 is 28.8 Å². The first-order valence-electron chi connectivity index (χ1n) is 13.4. The van der Waals surface area contributed by atoms with Gasteiger partial charge in [-0.15, -0.1) is 0 Å². The highest BCUT2D eigenvalue weighted by Crippen LogP contribution is 2.44. The number of para-hydroxylation sites is 1. The van der Waals surface area contributed by atoms with Crippen molar-refractivity contribution in [3.8, 4) is 0 Å². The molecule has 0 bridgehead atoms. The number of carbonyl (C=O) groups excluding carboxylic acids is 3. The summed E-state index contributed by atoms with van der Waals surface area (Å²) in [5.74, 6) is -1.36. The highest BCUT2D eigenvalue weighted by Gasteiger charge is 2.45. The number of H-pyrrole nitrogens is 1. The van der Waals surface area contributed by atoms with Crippen LogP contribution in [0.4, 0.5) is 5.69 Å². The molecule has 1 aromatic heterocycles. The van der Waals surface area contributed by atoms with Crippen LogP contribution in [0, 0.1) is 29.9 Å². The molecule has 41 heavy (non-hydrogen) atoms. The van der Waals surface area contributed by atoms with Crippen LogP contribution in [0.1, 0.15) is 69.4 Å². The molecule has 2 atom stereocenters. The number of nitro benzene ring substituents is 1. The van der Waals surface area contributed by atoms with Crippen molar-refractivity contribution in [1.29, 1.82) is 0 Å². The molecule has 10 nitrogen and oxygen atoms in total. The van der Waals surface area contributed by atoms with Crippen LogP contribution in [0.25, 0.3) is 10.9 Å². The number of aryl methyl sites for hydroxylation is 2. The fourth-order valence-corrected chi connectivity index (χ4v) is 5.67. The molecule has 0 aliphatic carbocycles. The molecule has 210 valence electrons. The fraction of sp³-hybridized carbons (Fsp3) is 0.258. The first-order chi connectivity index (χ1) is 19.6. The molecule has 0 saturated heterocycles. The summed E-state index contributed by atoms with van der Waals surface area (Å²) in [6.45, 7) is 7.44. The summed E-state index contributed by atoms with van der Waals surface area (Å²) >= 11 is 0. The number of carbonyl (C=O) groups is 3. The van der Waals surface area contributed by atoms with Crippen molar-refractivity contribution in [1.82, 2.24) is 20.7 Å². The standard InChI is InChI=1S/C31H31N5O5/c1-17(2)15-26(30(38)34-33-29(37)20-13-14-25(36(40)41)18(3)16-20)35-28(21-9-5-6-10-22(21)31(35)39)27-19(4)32-24-12-8-7-11-23(24)27/h5-14,16-17,26,28,32H,15H2,1-4H3,(H,33,37)(H,34,38). The van der Waals surface area contributed by atoms with E-state index in [0.29, 0.717) is 17.5 Å². The quantitative estimate of drug-likeness (QED) is 0.216. The number of hydrogen-bond acceptors (Lipinski definition) is 5. The fourth-order valence-electron chi connectivity index (χ4n) is 5.67. The van der Waals surface area contributed by atoms with Crippen molar-refractivity contribution in [3.63, 3.8) is 0 Å². The molecular formula is C31H31N5O5. The number of nitrogens with zero attached hydrogens (tertiary/aromatic N) is 2. The van der Waals surface area contributed by atoms with Gasteiger partial charge in [-0.05, 0) is 56.0 Å². The lowest BCUT2D eigenvalue weighted by molar-refractivity contribution is -0.385. The zero-order valence-corrected chi connectivity index (χ0v) is 23.2. The molecule has 5 rings (SSSR count). The van der Waals surface area contributed by atoms with Crippen molar-refractivity contribution in [2.24, 2.45) is 5.92 Å². The topological polar surface area (TPSA) is 137 Å². The van der Waals surface area contributed by atoms with Crippen LogP contribution in [0.15, 0.2) is 66.7 Å². The zero-order chi connectivity index (χ0) is 29.4. The lowest BCUT2D eigenvalue weighted by atomic mass is 9.93. The van der Waals surface area contributed by atoms with Crippen LogP contribution >= 0.6 is 0 Å². The number of hydrogen-bond donors (Lipinski definition) is 3. The summed E-state index contributed by atoms with van der Waals surface area (Å²) in [4.78, 5) is 56.2. The summed E-state index contributed by atoms with van der Waals surface area (Å²) in [5.41, 5.74) is 9.43. The summed E-state index contributed by atoms with van der Waals surface area (Å²) < 4.78 is 0. The van der Waals surface area contributed by atoms with Gasteiger partial charge in [0.1, 0.15) is 6.04 Å². The second-order valence-corrected chi connectivity index (χ2v) is 10.8. The highest BCUT2D eigenvalue weighted by atomic mass is 16.6. The number of rotatable bonds is 7. The number of aromatic amines is 1. The van der Waals surface area contributed by atoms with E-state index in [9.17, 15) is 24.5 Å². The van der Waals surface area contributed by atoms with Gasteiger partial charge in [0.05, 0.1) is 11.0 Å². The number of nitro groups is 1. The van der Waals surface area contributed by atoms with Gasteiger partial charge in [0, 0.05) is 44.9 Å². The van der Waals surface area contributed by atoms with E-state index in [4.69, 9.17) is 0 Å². The first kappa shape index (κ1) is 27.6. The van der Waals surface area contributed by atoms with Gasteiger partial charge in [-0.1, -0.05) is 50.2 Å². The van der Waals surface area contributed by atoms with Crippen LogP contribution in [-0.2, 0) is 4.79 Å². The van der Waals surface area contributed by atoms with Crippen LogP contribution in [0.2, 0.25) is 0 Å². The lowest BCUT2D eigenvalue weighted by Crippen LogP contribution is -2.54. The van der Waals surface area contributed by atoms with E-state index in [0.717, 1.165) is 27.7 Å². The molecule has 4 aromatic rings. The molecule has 1 aliphatic heterocycles. The smallest absolute Gasteiger partial charge is 0.272 e. The van der Waals surface area contributed by atoms with E-state index in [1.54, 1.807) is 11.0 Å². The molecule has 0 saturated carbocycles. The zero-order valence-electron chi connectivity index (χ0n) is 23.2. The summed E-state index contributed by atoms with van der Waals surface area (Å²) in [6, 6.07) is 17.8. The summed E-state index contributed by atoms with van der Waals surface area (Å²) in [7, 11) is 0. The Morgan fingerprint density at radius 3 is 2.44 bits per heavy atom. The number of nitrogens with one attached hydrogen (secondary N) is 3. The number of amides is 3. The molecular weight excluding hydrogens is 522 g/mol. The summed E-state index contributed by atoms with van der Waals surface area (Å²) in [5, 5.41) is 12.1. The number of benzene rings is 3. The predicted octanol–water partition coefficient (Wildman–Crippen LogP) is 5.11. The maximum Gasteiger partial charge on any atom is 0.272 e. The Morgan fingerprint density at radius 2 is 1.73 bits per heavy atom. The predicted molar refractivity (Wildman–Crippen MR) is 154 cm³/mol. The van der Waals surface area contributed by atoms with Crippen molar-refractivity contribution in [2.45, 2.75) is 46.2 Å². The average molecular weight is 554 g/mol. The Balaban J connectivity index is 1.49. The number of aromatic nitrogens is 1. The van der Waals surface area contributed by atoms with Gasteiger partial charge in [0.25, 0.3) is 23.4 Å². The Kier molecular flexibility index (Phi) is 7.32. The van der Waals surface area contributed by atoms with Crippen molar-refractivity contribution in [3.05, 3.63) is 110 Å². The minimum Gasteiger partial charge on any atom is -0.358 e. The third kappa shape index (κ3) is 5.04. The summed E-state index contributed by atoms with van der Waals surface area (Å²) in [6.07, 6.45) is 0.357. The second kappa shape index (κ2) is 10.9. The number of hydrazine groups is 1. The third-order valence-electron chi connectivity index (χ3n) is 7.50. The van der Waals surface area contributed by atoms with Crippen molar-refractivity contribution >= 4 is 34.3 Å². The van der Waals surface area contributed by atoms with E-state index in [1.165, 1.54) is 25.1 Å².